The first-order valence-electron chi connectivity index (χ1n) is 8.38. The summed E-state index contributed by atoms with van der Waals surface area (Å²) in [4.78, 5) is 12.1. The predicted molar refractivity (Wildman–Crippen MR) is 80.8 cm³/mol. The normalized spacial score (nSPS) is 27.0. The Morgan fingerprint density at radius 1 is 1.05 bits per heavy atom. The molecule has 2 rings (SSSR count). The van der Waals surface area contributed by atoms with E-state index in [1.807, 2.05) is 0 Å². The molecule has 2 amide bonds. The zero-order valence-electron chi connectivity index (χ0n) is 13.0. The van der Waals surface area contributed by atoms with E-state index < -0.39 is 0 Å². The van der Waals surface area contributed by atoms with Crippen LogP contribution in [0.1, 0.15) is 71.6 Å². The van der Waals surface area contributed by atoms with Crippen LogP contribution in [-0.4, -0.2) is 30.3 Å². The first-order chi connectivity index (χ1) is 9.67. The second-order valence-electron chi connectivity index (χ2n) is 6.38. The summed E-state index contributed by atoms with van der Waals surface area (Å²) in [5, 5.41) is 6.30. The van der Waals surface area contributed by atoms with Crippen LogP contribution in [0.4, 0.5) is 4.79 Å². The first kappa shape index (κ1) is 15.6. The van der Waals surface area contributed by atoms with Crippen LogP contribution in [0, 0.1) is 0 Å². The third-order valence-corrected chi connectivity index (χ3v) is 5.06. The second-order valence-corrected chi connectivity index (χ2v) is 6.38. The zero-order chi connectivity index (χ0) is 14.4. The molecule has 2 N–H and O–H groups in total. The average Bonchev–Trinajstić information content (AvgIpc) is 2.48. The van der Waals surface area contributed by atoms with Crippen molar-refractivity contribution in [3.63, 3.8) is 0 Å². The number of amides is 2. The van der Waals surface area contributed by atoms with Gasteiger partial charge >= 0.3 is 6.03 Å². The fourth-order valence-electron chi connectivity index (χ4n) is 3.55. The van der Waals surface area contributed by atoms with Crippen LogP contribution in [0.5, 0.6) is 0 Å². The van der Waals surface area contributed by atoms with Gasteiger partial charge in [-0.25, -0.2) is 4.79 Å². The molecule has 1 unspecified atom stereocenters. The molecule has 4 heteroatoms. The molecule has 0 aromatic heterocycles. The van der Waals surface area contributed by atoms with Crippen molar-refractivity contribution in [2.24, 2.45) is 0 Å². The number of carbonyl (C=O) groups excluding carboxylic acids is 1. The molecule has 20 heavy (non-hydrogen) atoms. The maximum absolute atomic E-state index is 12.1. The molecular weight excluding hydrogens is 252 g/mol. The van der Waals surface area contributed by atoms with E-state index >= 15 is 0 Å². The number of urea groups is 1. The van der Waals surface area contributed by atoms with E-state index in [9.17, 15) is 4.79 Å². The molecular formula is C16H30N2O2. The Morgan fingerprint density at radius 3 is 2.35 bits per heavy atom. The van der Waals surface area contributed by atoms with Gasteiger partial charge < -0.3 is 15.4 Å². The SMILES string of the molecule is CCC1(CC)CC(NC(=O)NC2CCCCC2)CCO1. The van der Waals surface area contributed by atoms with E-state index in [0.717, 1.165) is 45.1 Å². The smallest absolute Gasteiger partial charge is 0.315 e. The van der Waals surface area contributed by atoms with Crippen molar-refractivity contribution >= 4 is 6.03 Å². The highest BCUT2D eigenvalue weighted by atomic mass is 16.5. The number of hydrogen-bond acceptors (Lipinski definition) is 2. The van der Waals surface area contributed by atoms with Crippen molar-refractivity contribution in [1.82, 2.24) is 10.6 Å². The lowest BCUT2D eigenvalue weighted by molar-refractivity contribution is -0.0915. The van der Waals surface area contributed by atoms with Gasteiger partial charge in [0, 0.05) is 18.7 Å². The minimum atomic E-state index is -0.0268. The predicted octanol–water partition coefficient (Wildman–Crippen LogP) is 3.36. The Labute approximate surface area is 123 Å². The Kier molecular flexibility index (Phi) is 5.70. The molecule has 1 atom stereocenters. The molecule has 1 heterocycles. The fourth-order valence-corrected chi connectivity index (χ4v) is 3.55. The Morgan fingerprint density at radius 2 is 1.70 bits per heavy atom. The highest BCUT2D eigenvalue weighted by molar-refractivity contribution is 5.74. The van der Waals surface area contributed by atoms with Crippen molar-refractivity contribution in [3.05, 3.63) is 0 Å². The molecule has 4 nitrogen and oxygen atoms in total. The summed E-state index contributed by atoms with van der Waals surface area (Å²) in [6, 6.07) is 0.655. The molecule has 0 spiro atoms. The molecule has 2 fully saturated rings. The molecule has 1 saturated carbocycles. The lowest BCUT2D eigenvalue weighted by atomic mass is 9.86. The summed E-state index contributed by atoms with van der Waals surface area (Å²) in [7, 11) is 0. The summed E-state index contributed by atoms with van der Waals surface area (Å²) in [5.74, 6) is 0. The number of nitrogens with one attached hydrogen (secondary N) is 2. The molecule has 0 bridgehead atoms. The highest BCUT2D eigenvalue weighted by Crippen LogP contribution is 2.31. The summed E-state index contributed by atoms with van der Waals surface area (Å²) < 4.78 is 5.95. The number of rotatable bonds is 4. The van der Waals surface area contributed by atoms with Crippen LogP contribution in [-0.2, 0) is 4.74 Å². The topological polar surface area (TPSA) is 50.4 Å². The molecule has 0 radical (unpaired) electrons. The third kappa shape index (κ3) is 4.11. The third-order valence-electron chi connectivity index (χ3n) is 5.06. The van der Waals surface area contributed by atoms with E-state index in [1.54, 1.807) is 0 Å². The van der Waals surface area contributed by atoms with Gasteiger partial charge in [-0.1, -0.05) is 33.1 Å². The average molecular weight is 282 g/mol. The molecule has 1 aliphatic heterocycles. The Bertz CT molecular complexity index is 310. The van der Waals surface area contributed by atoms with Crippen molar-refractivity contribution in [2.45, 2.75) is 89.3 Å². The van der Waals surface area contributed by atoms with Crippen LogP contribution in [0.25, 0.3) is 0 Å². The lowest BCUT2D eigenvalue weighted by Gasteiger charge is -2.40. The maximum atomic E-state index is 12.1. The van der Waals surface area contributed by atoms with Crippen LogP contribution in [0.15, 0.2) is 0 Å². The van der Waals surface area contributed by atoms with Crippen LogP contribution in [0.2, 0.25) is 0 Å². The van der Waals surface area contributed by atoms with Crippen LogP contribution < -0.4 is 10.6 Å². The van der Waals surface area contributed by atoms with Gasteiger partial charge in [-0.2, -0.15) is 0 Å². The number of ether oxygens (including phenoxy) is 1. The fraction of sp³-hybridized carbons (Fsp3) is 0.938. The van der Waals surface area contributed by atoms with E-state index in [-0.39, 0.29) is 17.7 Å². The summed E-state index contributed by atoms with van der Waals surface area (Å²) in [5.41, 5.74) is -0.0268. The molecule has 0 aromatic carbocycles. The second kappa shape index (κ2) is 7.30. The van der Waals surface area contributed by atoms with Gasteiger partial charge in [0.1, 0.15) is 0 Å². The first-order valence-corrected chi connectivity index (χ1v) is 8.38. The van der Waals surface area contributed by atoms with Crippen molar-refractivity contribution < 1.29 is 9.53 Å². The van der Waals surface area contributed by atoms with E-state index in [1.165, 1.54) is 19.3 Å². The van der Waals surface area contributed by atoms with E-state index in [2.05, 4.69) is 24.5 Å². The largest absolute Gasteiger partial charge is 0.375 e. The zero-order valence-corrected chi connectivity index (χ0v) is 13.0. The van der Waals surface area contributed by atoms with Crippen molar-refractivity contribution in [2.75, 3.05) is 6.61 Å². The minimum Gasteiger partial charge on any atom is -0.375 e. The molecule has 116 valence electrons. The molecule has 2 aliphatic rings. The summed E-state index contributed by atoms with van der Waals surface area (Å²) in [6.07, 6.45) is 9.99. The standard InChI is InChI=1S/C16H30N2O2/c1-3-16(4-2)12-14(10-11-20-16)18-15(19)17-13-8-6-5-7-9-13/h13-14H,3-12H2,1-2H3,(H2,17,18,19). The summed E-state index contributed by atoms with van der Waals surface area (Å²) in [6.45, 7) is 5.11. The van der Waals surface area contributed by atoms with Gasteiger partial charge in [-0.15, -0.1) is 0 Å². The molecule has 0 aromatic rings. The monoisotopic (exact) mass is 282 g/mol. The quantitative estimate of drug-likeness (QED) is 0.830. The number of carbonyl (C=O) groups is 1. The lowest BCUT2D eigenvalue weighted by Crippen LogP contribution is -2.52. The minimum absolute atomic E-state index is 0.0184. The number of hydrogen-bond donors (Lipinski definition) is 2. The molecule has 1 aliphatic carbocycles. The van der Waals surface area contributed by atoms with E-state index in [4.69, 9.17) is 4.74 Å². The molecule has 1 saturated heterocycles. The van der Waals surface area contributed by atoms with Gasteiger partial charge in [0.2, 0.25) is 0 Å². The van der Waals surface area contributed by atoms with Crippen LogP contribution >= 0.6 is 0 Å². The van der Waals surface area contributed by atoms with Crippen molar-refractivity contribution in [1.29, 1.82) is 0 Å². The van der Waals surface area contributed by atoms with Gasteiger partial charge in [0.05, 0.1) is 5.60 Å². The van der Waals surface area contributed by atoms with Gasteiger partial charge in [-0.05, 0) is 38.5 Å². The van der Waals surface area contributed by atoms with Crippen LogP contribution in [0.3, 0.4) is 0 Å². The maximum Gasteiger partial charge on any atom is 0.315 e. The van der Waals surface area contributed by atoms with Gasteiger partial charge in [-0.3, -0.25) is 0 Å². The Hall–Kier alpha value is -0.770. The van der Waals surface area contributed by atoms with Gasteiger partial charge in [0.25, 0.3) is 0 Å². The highest BCUT2D eigenvalue weighted by Gasteiger charge is 2.35. The van der Waals surface area contributed by atoms with E-state index in [0.29, 0.717) is 6.04 Å². The Balaban J connectivity index is 1.78. The summed E-state index contributed by atoms with van der Waals surface area (Å²) >= 11 is 0. The van der Waals surface area contributed by atoms with Gasteiger partial charge in [0.15, 0.2) is 0 Å². The van der Waals surface area contributed by atoms with Crippen molar-refractivity contribution in [3.8, 4) is 0 Å².